The molecule has 1 aromatic carbocycles. The summed E-state index contributed by atoms with van der Waals surface area (Å²) in [4.78, 5) is 0. The fourth-order valence-corrected chi connectivity index (χ4v) is 2.03. The molecule has 0 fully saturated rings. The molecule has 1 rings (SSSR count). The second kappa shape index (κ2) is 6.77. The number of hydrogen-bond acceptors (Lipinski definition) is 2. The van der Waals surface area contributed by atoms with E-state index in [-0.39, 0.29) is 22.2 Å². The van der Waals surface area contributed by atoms with E-state index in [1.165, 1.54) is 12.1 Å². The van der Waals surface area contributed by atoms with Gasteiger partial charge in [0.05, 0.1) is 22.7 Å². The first-order valence-electron chi connectivity index (χ1n) is 6.27. The Labute approximate surface area is 121 Å². The van der Waals surface area contributed by atoms with Crippen molar-refractivity contribution in [3.63, 3.8) is 0 Å². The van der Waals surface area contributed by atoms with Crippen molar-refractivity contribution < 1.29 is 13.5 Å². The molecule has 0 amide bonds. The molecule has 1 unspecified atom stereocenters. The second-order valence-electron chi connectivity index (χ2n) is 5.29. The van der Waals surface area contributed by atoms with Crippen LogP contribution < -0.4 is 5.32 Å². The summed E-state index contributed by atoms with van der Waals surface area (Å²) in [5, 5.41) is 3.05. The zero-order valence-corrected chi connectivity index (χ0v) is 13.3. The van der Waals surface area contributed by atoms with E-state index in [2.05, 4.69) is 21.2 Å². The van der Waals surface area contributed by atoms with Gasteiger partial charge in [0.15, 0.2) is 0 Å². The molecular formula is C14H20BrF2NO. The van der Waals surface area contributed by atoms with Crippen LogP contribution in [0.4, 0.5) is 8.78 Å². The van der Waals surface area contributed by atoms with Crippen molar-refractivity contribution in [3.05, 3.63) is 33.8 Å². The predicted molar refractivity (Wildman–Crippen MR) is 76.2 cm³/mol. The van der Waals surface area contributed by atoms with Crippen molar-refractivity contribution in [2.45, 2.75) is 39.3 Å². The lowest BCUT2D eigenvalue weighted by molar-refractivity contribution is -0.0154. The normalized spacial score (nSPS) is 13.6. The van der Waals surface area contributed by atoms with E-state index >= 15 is 0 Å². The van der Waals surface area contributed by atoms with E-state index in [1.54, 1.807) is 0 Å². The highest BCUT2D eigenvalue weighted by Crippen LogP contribution is 2.27. The van der Waals surface area contributed by atoms with E-state index in [4.69, 9.17) is 4.74 Å². The topological polar surface area (TPSA) is 21.3 Å². The quantitative estimate of drug-likeness (QED) is 0.814. The van der Waals surface area contributed by atoms with Gasteiger partial charge in [-0.3, -0.25) is 0 Å². The first-order valence-corrected chi connectivity index (χ1v) is 7.06. The van der Waals surface area contributed by atoms with E-state index in [0.717, 1.165) is 0 Å². The Hall–Kier alpha value is -0.520. The maximum absolute atomic E-state index is 14.1. The zero-order valence-electron chi connectivity index (χ0n) is 11.7. The lowest BCUT2D eigenvalue weighted by Gasteiger charge is -2.26. The van der Waals surface area contributed by atoms with Gasteiger partial charge in [0.1, 0.15) is 11.6 Å². The van der Waals surface area contributed by atoms with E-state index in [9.17, 15) is 8.78 Å². The summed E-state index contributed by atoms with van der Waals surface area (Å²) in [7, 11) is 0. The molecule has 0 aliphatic carbocycles. The van der Waals surface area contributed by atoms with Crippen LogP contribution in [0.1, 0.15) is 39.3 Å². The van der Waals surface area contributed by atoms with Gasteiger partial charge in [0.25, 0.3) is 0 Å². The summed E-state index contributed by atoms with van der Waals surface area (Å²) in [5.74, 6) is -1.15. The van der Waals surface area contributed by atoms with Gasteiger partial charge in [-0.2, -0.15) is 0 Å². The Morgan fingerprint density at radius 2 is 1.95 bits per heavy atom. The van der Waals surface area contributed by atoms with Gasteiger partial charge < -0.3 is 10.1 Å². The summed E-state index contributed by atoms with van der Waals surface area (Å²) in [6, 6.07) is 2.10. The Bertz CT molecular complexity index is 432. The Morgan fingerprint density at radius 1 is 1.32 bits per heavy atom. The van der Waals surface area contributed by atoms with E-state index in [1.807, 2.05) is 27.7 Å². The first-order chi connectivity index (χ1) is 8.76. The molecule has 0 radical (unpaired) electrons. The van der Waals surface area contributed by atoms with Gasteiger partial charge in [-0.25, -0.2) is 8.78 Å². The van der Waals surface area contributed by atoms with Crippen LogP contribution in [0, 0.1) is 11.6 Å². The third kappa shape index (κ3) is 4.82. The first kappa shape index (κ1) is 16.5. The van der Waals surface area contributed by atoms with E-state index < -0.39 is 17.7 Å². The van der Waals surface area contributed by atoms with Crippen LogP contribution in [0.5, 0.6) is 0 Å². The summed E-state index contributed by atoms with van der Waals surface area (Å²) in [5.41, 5.74) is -0.340. The van der Waals surface area contributed by atoms with Gasteiger partial charge in [-0.05, 0) is 55.4 Å². The number of rotatable bonds is 5. The lowest BCUT2D eigenvalue weighted by Crippen LogP contribution is -2.31. The van der Waals surface area contributed by atoms with Crippen molar-refractivity contribution in [2.24, 2.45) is 0 Å². The minimum atomic E-state index is -0.580. The molecule has 0 aromatic heterocycles. The minimum absolute atomic E-state index is 0.0143. The smallest absolute Gasteiger partial charge is 0.145 e. The molecule has 0 heterocycles. The van der Waals surface area contributed by atoms with Crippen LogP contribution in [0.3, 0.4) is 0 Å². The van der Waals surface area contributed by atoms with Gasteiger partial charge in [0, 0.05) is 5.56 Å². The standard InChI is InChI=1S/C14H20BrF2NO/c1-5-18-11(8-19-14(2,3)4)12-10(16)7-6-9(15)13(12)17/h6-7,11,18H,5,8H2,1-4H3. The van der Waals surface area contributed by atoms with Gasteiger partial charge in [-0.1, -0.05) is 6.92 Å². The van der Waals surface area contributed by atoms with Crippen LogP contribution in [0.2, 0.25) is 0 Å². The van der Waals surface area contributed by atoms with Crippen LogP contribution in [-0.4, -0.2) is 18.8 Å². The van der Waals surface area contributed by atoms with Gasteiger partial charge >= 0.3 is 0 Å². The predicted octanol–water partition coefficient (Wildman–Crippen LogP) is 4.19. The molecule has 1 atom stereocenters. The van der Waals surface area contributed by atoms with Crippen LogP contribution in [0.15, 0.2) is 16.6 Å². The molecule has 108 valence electrons. The van der Waals surface area contributed by atoms with Crippen LogP contribution >= 0.6 is 15.9 Å². The molecule has 0 saturated heterocycles. The maximum Gasteiger partial charge on any atom is 0.145 e. The molecule has 0 aliphatic rings. The van der Waals surface area contributed by atoms with Crippen molar-refractivity contribution >= 4 is 15.9 Å². The molecule has 0 aliphatic heterocycles. The summed E-state index contributed by atoms with van der Waals surface area (Å²) in [6.07, 6.45) is 0. The fraction of sp³-hybridized carbons (Fsp3) is 0.571. The Balaban J connectivity index is 3.02. The van der Waals surface area contributed by atoms with Crippen molar-refractivity contribution in [1.82, 2.24) is 5.32 Å². The molecule has 1 N–H and O–H groups in total. The molecule has 0 spiro atoms. The highest BCUT2D eigenvalue weighted by atomic mass is 79.9. The van der Waals surface area contributed by atoms with Gasteiger partial charge in [-0.15, -0.1) is 0 Å². The molecular weight excluding hydrogens is 316 g/mol. The maximum atomic E-state index is 14.1. The van der Waals surface area contributed by atoms with Crippen LogP contribution in [-0.2, 0) is 4.74 Å². The number of halogens is 3. The largest absolute Gasteiger partial charge is 0.374 e. The number of likely N-dealkylation sites (N-methyl/N-ethyl adjacent to an activating group) is 1. The highest BCUT2D eigenvalue weighted by molar-refractivity contribution is 9.10. The van der Waals surface area contributed by atoms with Crippen molar-refractivity contribution in [1.29, 1.82) is 0 Å². The number of ether oxygens (including phenoxy) is 1. The average Bonchev–Trinajstić information content (AvgIpc) is 2.30. The van der Waals surface area contributed by atoms with Gasteiger partial charge in [0.2, 0.25) is 0 Å². The summed E-state index contributed by atoms with van der Waals surface area (Å²) >= 11 is 3.08. The minimum Gasteiger partial charge on any atom is -0.374 e. The number of hydrogen-bond donors (Lipinski definition) is 1. The van der Waals surface area contributed by atoms with Crippen molar-refractivity contribution in [3.8, 4) is 0 Å². The molecule has 1 aromatic rings. The second-order valence-corrected chi connectivity index (χ2v) is 6.14. The molecule has 19 heavy (non-hydrogen) atoms. The Morgan fingerprint density at radius 3 is 2.47 bits per heavy atom. The fourth-order valence-electron chi connectivity index (χ4n) is 1.69. The van der Waals surface area contributed by atoms with Crippen LogP contribution in [0.25, 0.3) is 0 Å². The zero-order chi connectivity index (χ0) is 14.6. The summed E-state index contributed by atoms with van der Waals surface area (Å²) < 4.78 is 33.8. The SMILES string of the molecule is CCNC(COC(C)(C)C)c1c(F)ccc(Br)c1F. The monoisotopic (exact) mass is 335 g/mol. The molecule has 0 saturated carbocycles. The number of nitrogens with one attached hydrogen (secondary N) is 1. The third-order valence-electron chi connectivity index (χ3n) is 2.56. The summed E-state index contributed by atoms with van der Waals surface area (Å²) in [6.45, 7) is 8.42. The Kier molecular flexibility index (Phi) is 5.89. The third-order valence-corrected chi connectivity index (χ3v) is 3.17. The van der Waals surface area contributed by atoms with Crippen molar-refractivity contribution in [2.75, 3.05) is 13.2 Å². The number of benzene rings is 1. The lowest BCUT2D eigenvalue weighted by atomic mass is 10.1. The highest BCUT2D eigenvalue weighted by Gasteiger charge is 2.23. The molecule has 5 heteroatoms. The van der Waals surface area contributed by atoms with E-state index in [0.29, 0.717) is 6.54 Å². The average molecular weight is 336 g/mol. The molecule has 2 nitrogen and oxygen atoms in total. The molecule has 0 bridgehead atoms.